The molecule has 142 valence electrons. The smallest absolute Gasteiger partial charge is 0.305 e. The van der Waals surface area contributed by atoms with Crippen molar-refractivity contribution in [2.45, 2.75) is 44.9 Å². The van der Waals surface area contributed by atoms with Gasteiger partial charge in [0.05, 0.1) is 12.5 Å². The molecule has 0 spiro atoms. The van der Waals surface area contributed by atoms with Gasteiger partial charge in [0.1, 0.15) is 0 Å². The van der Waals surface area contributed by atoms with Crippen molar-refractivity contribution in [2.24, 2.45) is 0 Å². The second-order valence-electron chi connectivity index (χ2n) is 6.86. The highest BCUT2D eigenvalue weighted by Crippen LogP contribution is 2.41. The molecule has 0 fully saturated rings. The van der Waals surface area contributed by atoms with E-state index in [0.717, 1.165) is 49.0 Å². The molecular weight excluding hydrogens is 338 g/mol. The fraction of sp³-hybridized carbons (Fsp3) is 0.391. The van der Waals surface area contributed by atoms with Crippen LogP contribution in [0.15, 0.2) is 54.6 Å². The lowest BCUT2D eigenvalue weighted by atomic mass is 9.93. The normalized spacial score (nSPS) is 15.7. The molecule has 1 unspecified atom stereocenters. The molecule has 4 nitrogen and oxygen atoms in total. The van der Waals surface area contributed by atoms with Crippen LogP contribution >= 0.6 is 0 Å². The fourth-order valence-corrected chi connectivity index (χ4v) is 3.71. The monoisotopic (exact) mass is 365 g/mol. The SMILES string of the molecule is CCOC(=O)CCCCCCN1C(=O)C(c2ccccc2)c2ccccc21. The lowest BCUT2D eigenvalue weighted by molar-refractivity contribution is -0.143. The summed E-state index contributed by atoms with van der Waals surface area (Å²) in [5, 5.41) is 0. The van der Waals surface area contributed by atoms with Crippen molar-refractivity contribution in [3.8, 4) is 0 Å². The van der Waals surface area contributed by atoms with E-state index in [2.05, 4.69) is 6.07 Å². The average molecular weight is 365 g/mol. The summed E-state index contributed by atoms with van der Waals surface area (Å²) in [5.41, 5.74) is 3.17. The second kappa shape index (κ2) is 9.36. The van der Waals surface area contributed by atoms with E-state index in [1.807, 2.05) is 60.4 Å². The number of unbranched alkanes of at least 4 members (excludes halogenated alkanes) is 3. The third-order valence-corrected chi connectivity index (χ3v) is 5.00. The summed E-state index contributed by atoms with van der Waals surface area (Å²) in [4.78, 5) is 26.4. The van der Waals surface area contributed by atoms with Gasteiger partial charge < -0.3 is 9.64 Å². The van der Waals surface area contributed by atoms with Crippen LogP contribution in [0.2, 0.25) is 0 Å². The predicted octanol–water partition coefficient (Wildman–Crippen LogP) is 4.68. The third-order valence-electron chi connectivity index (χ3n) is 5.00. The average Bonchev–Trinajstić information content (AvgIpc) is 2.97. The van der Waals surface area contributed by atoms with Crippen molar-refractivity contribution in [3.63, 3.8) is 0 Å². The number of benzene rings is 2. The van der Waals surface area contributed by atoms with Crippen LogP contribution in [0.25, 0.3) is 0 Å². The first kappa shape index (κ1) is 19.2. The molecule has 1 aliphatic rings. The number of esters is 1. The molecule has 1 aliphatic heterocycles. The number of carbonyl (C=O) groups is 2. The molecular formula is C23H27NO3. The molecule has 0 radical (unpaired) electrons. The molecule has 0 N–H and O–H groups in total. The number of hydrogen-bond acceptors (Lipinski definition) is 3. The molecule has 0 aliphatic carbocycles. The maximum atomic E-state index is 13.1. The van der Waals surface area contributed by atoms with Crippen LogP contribution < -0.4 is 4.90 Å². The largest absolute Gasteiger partial charge is 0.466 e. The summed E-state index contributed by atoms with van der Waals surface area (Å²) in [6, 6.07) is 18.1. The Balaban J connectivity index is 1.57. The number of hydrogen-bond donors (Lipinski definition) is 0. The second-order valence-corrected chi connectivity index (χ2v) is 6.86. The quantitative estimate of drug-likeness (QED) is 0.479. The van der Waals surface area contributed by atoms with E-state index >= 15 is 0 Å². The van der Waals surface area contributed by atoms with E-state index in [4.69, 9.17) is 4.74 Å². The first-order valence-corrected chi connectivity index (χ1v) is 9.83. The van der Waals surface area contributed by atoms with Crippen molar-refractivity contribution in [1.29, 1.82) is 0 Å². The van der Waals surface area contributed by atoms with E-state index < -0.39 is 0 Å². The van der Waals surface area contributed by atoms with Gasteiger partial charge in [0.2, 0.25) is 5.91 Å². The summed E-state index contributed by atoms with van der Waals surface area (Å²) < 4.78 is 4.94. The zero-order chi connectivity index (χ0) is 19.1. The zero-order valence-electron chi connectivity index (χ0n) is 15.9. The Morgan fingerprint density at radius 1 is 0.963 bits per heavy atom. The molecule has 0 bridgehead atoms. The maximum absolute atomic E-state index is 13.1. The van der Waals surface area contributed by atoms with Gasteiger partial charge in [0.15, 0.2) is 0 Å². The number of fused-ring (bicyclic) bond motifs is 1. The Morgan fingerprint density at radius 3 is 2.44 bits per heavy atom. The Morgan fingerprint density at radius 2 is 1.67 bits per heavy atom. The summed E-state index contributed by atoms with van der Waals surface area (Å²) >= 11 is 0. The van der Waals surface area contributed by atoms with Gasteiger partial charge in [0, 0.05) is 18.7 Å². The van der Waals surface area contributed by atoms with Crippen LogP contribution in [-0.4, -0.2) is 25.0 Å². The van der Waals surface area contributed by atoms with Crippen LogP contribution in [0.3, 0.4) is 0 Å². The van der Waals surface area contributed by atoms with Gasteiger partial charge in [-0.15, -0.1) is 0 Å². The summed E-state index contributed by atoms with van der Waals surface area (Å²) in [5.74, 6) is -0.160. The minimum absolute atomic E-state index is 0.119. The van der Waals surface area contributed by atoms with Gasteiger partial charge in [-0.25, -0.2) is 0 Å². The molecule has 1 amide bonds. The summed E-state index contributed by atoms with van der Waals surface area (Å²) in [7, 11) is 0. The van der Waals surface area contributed by atoms with Gasteiger partial charge in [0.25, 0.3) is 0 Å². The predicted molar refractivity (Wildman–Crippen MR) is 107 cm³/mol. The molecule has 1 atom stereocenters. The number of carbonyl (C=O) groups excluding carboxylic acids is 2. The van der Waals surface area contributed by atoms with Crippen LogP contribution in [-0.2, 0) is 14.3 Å². The minimum atomic E-state index is -0.203. The molecule has 1 heterocycles. The van der Waals surface area contributed by atoms with Gasteiger partial charge in [-0.05, 0) is 37.0 Å². The number of nitrogens with zero attached hydrogens (tertiary/aromatic N) is 1. The van der Waals surface area contributed by atoms with Gasteiger partial charge in [-0.3, -0.25) is 9.59 Å². The van der Waals surface area contributed by atoms with Crippen LogP contribution in [0.1, 0.15) is 56.1 Å². The van der Waals surface area contributed by atoms with Crippen molar-refractivity contribution in [2.75, 3.05) is 18.1 Å². The van der Waals surface area contributed by atoms with Crippen LogP contribution in [0, 0.1) is 0 Å². The summed E-state index contributed by atoms with van der Waals surface area (Å²) in [6.45, 7) is 2.99. The first-order chi connectivity index (χ1) is 13.2. The lowest BCUT2D eigenvalue weighted by Gasteiger charge is -2.18. The van der Waals surface area contributed by atoms with E-state index in [-0.39, 0.29) is 17.8 Å². The number of amides is 1. The molecule has 0 saturated carbocycles. The maximum Gasteiger partial charge on any atom is 0.305 e. The number of anilines is 1. The van der Waals surface area contributed by atoms with Gasteiger partial charge >= 0.3 is 5.97 Å². The Bertz CT molecular complexity index is 772. The van der Waals surface area contributed by atoms with Crippen LogP contribution in [0.4, 0.5) is 5.69 Å². The molecule has 2 aromatic carbocycles. The standard InChI is InChI=1S/C23H27NO3/c1-2-27-21(25)16-8-3-4-11-17-24-20-15-10-9-14-19(20)22(23(24)26)18-12-6-5-7-13-18/h5-7,9-10,12-15,22H,2-4,8,11,16-17H2,1H3. The van der Waals surface area contributed by atoms with Gasteiger partial charge in [-0.1, -0.05) is 61.4 Å². The van der Waals surface area contributed by atoms with E-state index in [1.54, 1.807) is 0 Å². The van der Waals surface area contributed by atoms with Gasteiger partial charge in [-0.2, -0.15) is 0 Å². The van der Waals surface area contributed by atoms with E-state index in [9.17, 15) is 9.59 Å². The molecule has 2 aromatic rings. The molecule has 0 saturated heterocycles. The van der Waals surface area contributed by atoms with E-state index in [1.165, 1.54) is 0 Å². The minimum Gasteiger partial charge on any atom is -0.466 e. The molecule has 4 heteroatoms. The number of para-hydroxylation sites is 1. The van der Waals surface area contributed by atoms with Crippen molar-refractivity contribution >= 4 is 17.6 Å². The third kappa shape index (κ3) is 4.57. The Hall–Kier alpha value is -2.62. The lowest BCUT2D eigenvalue weighted by Crippen LogP contribution is -2.30. The highest BCUT2D eigenvalue weighted by atomic mass is 16.5. The topological polar surface area (TPSA) is 46.6 Å². The van der Waals surface area contributed by atoms with Crippen LogP contribution in [0.5, 0.6) is 0 Å². The first-order valence-electron chi connectivity index (χ1n) is 9.83. The van der Waals surface area contributed by atoms with Crippen molar-refractivity contribution < 1.29 is 14.3 Å². The molecule has 3 rings (SSSR count). The Labute approximate surface area is 161 Å². The number of ether oxygens (including phenoxy) is 1. The molecule has 27 heavy (non-hydrogen) atoms. The van der Waals surface area contributed by atoms with E-state index in [0.29, 0.717) is 13.0 Å². The fourth-order valence-electron chi connectivity index (χ4n) is 3.71. The summed E-state index contributed by atoms with van der Waals surface area (Å²) in [6.07, 6.45) is 4.24. The highest BCUT2D eigenvalue weighted by molar-refractivity contribution is 6.06. The zero-order valence-corrected chi connectivity index (χ0v) is 15.9. The molecule has 0 aromatic heterocycles. The Kier molecular flexibility index (Phi) is 6.64. The van der Waals surface area contributed by atoms with Crippen molar-refractivity contribution in [1.82, 2.24) is 0 Å². The highest BCUT2D eigenvalue weighted by Gasteiger charge is 2.37. The number of rotatable bonds is 9. The van der Waals surface area contributed by atoms with Crippen molar-refractivity contribution in [3.05, 3.63) is 65.7 Å².